The molecule has 1 fully saturated rings. The van der Waals surface area contributed by atoms with E-state index in [2.05, 4.69) is 16.2 Å². The normalized spacial score (nSPS) is 17.3. The molecule has 3 N–H and O–H groups in total. The summed E-state index contributed by atoms with van der Waals surface area (Å²) in [5, 5.41) is 4.05. The van der Waals surface area contributed by atoms with Crippen molar-refractivity contribution in [1.82, 2.24) is 16.2 Å². The first kappa shape index (κ1) is 16.3. The van der Waals surface area contributed by atoms with Crippen LogP contribution in [0.1, 0.15) is 23.2 Å². The van der Waals surface area contributed by atoms with E-state index in [1.165, 1.54) is 6.07 Å². The third kappa shape index (κ3) is 5.00. The fourth-order valence-electron chi connectivity index (χ4n) is 1.91. The quantitative estimate of drug-likeness (QED) is 0.578. The molecule has 1 amide bonds. The van der Waals surface area contributed by atoms with E-state index in [1.54, 1.807) is 12.1 Å². The van der Waals surface area contributed by atoms with Crippen molar-refractivity contribution in [2.75, 3.05) is 13.2 Å². The molecule has 1 saturated heterocycles. The van der Waals surface area contributed by atoms with Gasteiger partial charge in [0.25, 0.3) is 5.91 Å². The van der Waals surface area contributed by atoms with Gasteiger partial charge in [0, 0.05) is 18.2 Å². The summed E-state index contributed by atoms with van der Waals surface area (Å²) in [6.07, 6.45) is 2.25. The average Bonchev–Trinajstić information content (AvgIpc) is 2.98. The highest BCUT2D eigenvalue weighted by Gasteiger charge is 2.15. The summed E-state index contributed by atoms with van der Waals surface area (Å²) in [7, 11) is 0. The number of thiocarbonyl (C=S) groups is 1. The van der Waals surface area contributed by atoms with Crippen LogP contribution in [-0.4, -0.2) is 30.3 Å². The van der Waals surface area contributed by atoms with Crippen molar-refractivity contribution in [1.29, 1.82) is 0 Å². The SMILES string of the molecule is O=C(NNC(=S)NC[C@@H]1CCCO1)c1cc(Cl)ccc1Cl. The van der Waals surface area contributed by atoms with Gasteiger partial charge < -0.3 is 10.1 Å². The Kier molecular flexibility index (Phi) is 6.05. The Bertz CT molecular complexity index is 536. The molecular weight excluding hydrogens is 333 g/mol. The van der Waals surface area contributed by atoms with E-state index in [0.29, 0.717) is 21.7 Å². The Labute approximate surface area is 138 Å². The second-order valence-corrected chi connectivity index (χ2v) is 5.80. The molecule has 1 aliphatic rings. The van der Waals surface area contributed by atoms with E-state index in [-0.39, 0.29) is 11.7 Å². The van der Waals surface area contributed by atoms with Crippen LogP contribution in [0.3, 0.4) is 0 Å². The first-order chi connectivity index (χ1) is 10.1. The summed E-state index contributed by atoms with van der Waals surface area (Å²) in [6, 6.07) is 4.67. The Balaban J connectivity index is 1.77. The number of amides is 1. The molecule has 8 heteroatoms. The zero-order valence-electron chi connectivity index (χ0n) is 11.1. The molecule has 5 nitrogen and oxygen atoms in total. The van der Waals surface area contributed by atoms with E-state index in [4.69, 9.17) is 40.2 Å². The molecule has 1 aliphatic heterocycles. The summed E-state index contributed by atoms with van der Waals surface area (Å²) in [5.41, 5.74) is 5.36. The highest BCUT2D eigenvalue weighted by atomic mass is 35.5. The lowest BCUT2D eigenvalue weighted by molar-refractivity contribution is 0.0943. The number of halogens is 2. The first-order valence-electron chi connectivity index (χ1n) is 6.47. The summed E-state index contributed by atoms with van der Waals surface area (Å²) in [5.74, 6) is -0.413. The van der Waals surface area contributed by atoms with Crippen LogP contribution in [0.25, 0.3) is 0 Å². The van der Waals surface area contributed by atoms with Crippen LogP contribution in [0.4, 0.5) is 0 Å². The van der Waals surface area contributed by atoms with Gasteiger partial charge in [-0.1, -0.05) is 23.2 Å². The number of carbonyl (C=O) groups is 1. The minimum Gasteiger partial charge on any atom is -0.376 e. The van der Waals surface area contributed by atoms with E-state index >= 15 is 0 Å². The third-order valence-electron chi connectivity index (χ3n) is 2.98. The Hall–Kier alpha value is -1.08. The fourth-order valence-corrected chi connectivity index (χ4v) is 2.42. The molecule has 1 heterocycles. The summed E-state index contributed by atoms with van der Waals surface area (Å²) in [4.78, 5) is 12.0. The predicted octanol–water partition coefficient (Wildman–Crippen LogP) is 2.28. The van der Waals surface area contributed by atoms with Gasteiger partial charge in [-0.05, 0) is 43.3 Å². The molecule has 0 aromatic heterocycles. The number of nitrogens with one attached hydrogen (secondary N) is 3. The van der Waals surface area contributed by atoms with Gasteiger partial charge >= 0.3 is 0 Å². The molecule has 1 atom stereocenters. The van der Waals surface area contributed by atoms with E-state index < -0.39 is 5.91 Å². The number of hydrazine groups is 1. The maximum Gasteiger partial charge on any atom is 0.271 e. The van der Waals surface area contributed by atoms with Crippen molar-refractivity contribution in [2.45, 2.75) is 18.9 Å². The molecule has 0 saturated carbocycles. The number of hydrogen-bond donors (Lipinski definition) is 3. The van der Waals surface area contributed by atoms with E-state index in [9.17, 15) is 4.79 Å². The van der Waals surface area contributed by atoms with Crippen molar-refractivity contribution in [3.05, 3.63) is 33.8 Å². The molecule has 0 radical (unpaired) electrons. The van der Waals surface area contributed by atoms with Crippen LogP contribution in [0.5, 0.6) is 0 Å². The lowest BCUT2D eigenvalue weighted by Gasteiger charge is -2.14. The lowest BCUT2D eigenvalue weighted by atomic mass is 10.2. The van der Waals surface area contributed by atoms with Crippen molar-refractivity contribution in [2.24, 2.45) is 0 Å². The molecule has 2 rings (SSSR count). The summed E-state index contributed by atoms with van der Waals surface area (Å²) < 4.78 is 5.46. The highest BCUT2D eigenvalue weighted by molar-refractivity contribution is 7.80. The monoisotopic (exact) mass is 347 g/mol. The highest BCUT2D eigenvalue weighted by Crippen LogP contribution is 2.20. The smallest absolute Gasteiger partial charge is 0.271 e. The van der Waals surface area contributed by atoms with Gasteiger partial charge in [0.2, 0.25) is 0 Å². The van der Waals surface area contributed by atoms with Gasteiger partial charge in [-0.15, -0.1) is 0 Å². The van der Waals surface area contributed by atoms with Crippen molar-refractivity contribution in [3.63, 3.8) is 0 Å². The Morgan fingerprint density at radius 3 is 2.90 bits per heavy atom. The number of ether oxygens (including phenoxy) is 1. The van der Waals surface area contributed by atoms with Gasteiger partial charge in [0.15, 0.2) is 5.11 Å². The second kappa shape index (κ2) is 7.79. The molecule has 0 spiro atoms. The molecule has 1 aromatic rings. The zero-order chi connectivity index (χ0) is 15.2. The lowest BCUT2D eigenvalue weighted by Crippen LogP contribution is -2.48. The first-order valence-corrected chi connectivity index (χ1v) is 7.63. The van der Waals surface area contributed by atoms with Crippen LogP contribution in [0, 0.1) is 0 Å². The molecule has 1 aromatic carbocycles. The number of hydrogen-bond acceptors (Lipinski definition) is 3. The molecule has 0 bridgehead atoms. The van der Waals surface area contributed by atoms with Gasteiger partial charge in [-0.3, -0.25) is 15.6 Å². The standard InChI is InChI=1S/C13H15Cl2N3O2S/c14-8-3-4-11(15)10(6-8)12(19)17-18-13(21)16-7-9-2-1-5-20-9/h3-4,6,9H,1-2,5,7H2,(H,17,19)(H2,16,18,21)/t9-/m0/s1. The van der Waals surface area contributed by atoms with Gasteiger partial charge in [-0.25, -0.2) is 0 Å². The molecule has 21 heavy (non-hydrogen) atoms. The summed E-state index contributed by atoms with van der Waals surface area (Å²) in [6.45, 7) is 1.40. The van der Waals surface area contributed by atoms with Crippen LogP contribution in [-0.2, 0) is 4.74 Å². The van der Waals surface area contributed by atoms with Crippen LogP contribution in [0.2, 0.25) is 10.0 Å². The summed E-state index contributed by atoms with van der Waals surface area (Å²) >= 11 is 16.8. The van der Waals surface area contributed by atoms with Crippen molar-refractivity contribution >= 4 is 46.4 Å². The number of carbonyl (C=O) groups excluding carboxylic acids is 1. The third-order valence-corrected chi connectivity index (χ3v) is 3.79. The largest absolute Gasteiger partial charge is 0.376 e. The second-order valence-electron chi connectivity index (χ2n) is 4.55. The molecule has 0 unspecified atom stereocenters. The Morgan fingerprint density at radius 2 is 2.19 bits per heavy atom. The fraction of sp³-hybridized carbons (Fsp3) is 0.385. The van der Waals surface area contributed by atoms with Crippen molar-refractivity contribution in [3.8, 4) is 0 Å². The minimum absolute atomic E-state index is 0.169. The molecular formula is C13H15Cl2N3O2S. The number of benzene rings is 1. The minimum atomic E-state index is -0.413. The van der Waals surface area contributed by atoms with Gasteiger partial charge in [0.1, 0.15) is 0 Å². The van der Waals surface area contributed by atoms with Crippen LogP contribution in [0.15, 0.2) is 18.2 Å². The Morgan fingerprint density at radius 1 is 1.38 bits per heavy atom. The zero-order valence-corrected chi connectivity index (χ0v) is 13.4. The maximum atomic E-state index is 12.0. The van der Waals surface area contributed by atoms with E-state index in [1.807, 2.05) is 0 Å². The van der Waals surface area contributed by atoms with Crippen LogP contribution < -0.4 is 16.2 Å². The van der Waals surface area contributed by atoms with Crippen molar-refractivity contribution < 1.29 is 9.53 Å². The maximum absolute atomic E-state index is 12.0. The topological polar surface area (TPSA) is 62.4 Å². The number of rotatable bonds is 3. The average molecular weight is 348 g/mol. The van der Waals surface area contributed by atoms with Crippen LogP contribution >= 0.6 is 35.4 Å². The predicted molar refractivity (Wildman–Crippen MR) is 86.6 cm³/mol. The molecule has 0 aliphatic carbocycles. The van der Waals surface area contributed by atoms with Gasteiger partial charge in [0.05, 0.1) is 16.7 Å². The van der Waals surface area contributed by atoms with Gasteiger partial charge in [-0.2, -0.15) is 0 Å². The van der Waals surface area contributed by atoms with E-state index in [0.717, 1.165) is 19.4 Å². The molecule has 114 valence electrons.